The highest BCUT2D eigenvalue weighted by atomic mass is 16.2. The van der Waals surface area contributed by atoms with Crippen molar-refractivity contribution < 1.29 is 14.4 Å². The van der Waals surface area contributed by atoms with Gasteiger partial charge < -0.3 is 15.6 Å². The standard InChI is InChI=1S/C21H24N6O3/c22-10-13(7-14-3-6-24-20(14)29)9-18(28)16(8-12-1-2-12)27-21(30)19-25-15-4-5-23-11-17(15)26-19/h4-5,11-14,16H,1-3,6-9H2,(H,24,29)(H,25,26)(H,27,30)/t13-,14+,16+/m1/s1. The largest absolute Gasteiger partial charge is 0.356 e. The topological polar surface area (TPSA) is 141 Å². The minimum atomic E-state index is -0.662. The van der Waals surface area contributed by atoms with E-state index in [2.05, 4.69) is 31.7 Å². The third kappa shape index (κ3) is 4.64. The molecule has 0 radical (unpaired) electrons. The number of hydrogen-bond donors (Lipinski definition) is 3. The van der Waals surface area contributed by atoms with Crippen LogP contribution >= 0.6 is 0 Å². The average Bonchev–Trinajstić information content (AvgIpc) is 3.30. The molecule has 0 unspecified atom stereocenters. The Balaban J connectivity index is 1.41. The summed E-state index contributed by atoms with van der Waals surface area (Å²) in [4.78, 5) is 48.6. The summed E-state index contributed by atoms with van der Waals surface area (Å²) in [5, 5.41) is 15.1. The quantitative estimate of drug-likeness (QED) is 0.574. The van der Waals surface area contributed by atoms with E-state index in [-0.39, 0.29) is 29.9 Å². The van der Waals surface area contributed by atoms with Gasteiger partial charge in [-0.15, -0.1) is 0 Å². The zero-order chi connectivity index (χ0) is 21.1. The van der Waals surface area contributed by atoms with Crippen molar-refractivity contribution in [3.8, 4) is 6.07 Å². The second-order valence-corrected chi connectivity index (χ2v) is 8.19. The highest BCUT2D eigenvalue weighted by molar-refractivity contribution is 5.97. The number of nitriles is 1. The van der Waals surface area contributed by atoms with E-state index in [1.807, 2.05) is 0 Å². The molecule has 2 aromatic heterocycles. The van der Waals surface area contributed by atoms with Gasteiger partial charge in [0.2, 0.25) is 5.91 Å². The summed E-state index contributed by atoms with van der Waals surface area (Å²) in [6, 6.07) is 3.21. The number of Topliss-reactive ketones (excluding diaryl/α,β-unsaturated/α-hetero) is 1. The van der Waals surface area contributed by atoms with Gasteiger partial charge in [0.1, 0.15) is 0 Å². The Morgan fingerprint density at radius 3 is 2.80 bits per heavy atom. The minimum Gasteiger partial charge on any atom is -0.356 e. The molecule has 3 heterocycles. The molecule has 0 bridgehead atoms. The van der Waals surface area contributed by atoms with Gasteiger partial charge >= 0.3 is 0 Å². The van der Waals surface area contributed by atoms with Crippen molar-refractivity contribution in [1.29, 1.82) is 5.26 Å². The van der Waals surface area contributed by atoms with Crippen LogP contribution in [-0.4, -0.2) is 45.1 Å². The third-order valence-corrected chi connectivity index (χ3v) is 5.82. The lowest BCUT2D eigenvalue weighted by Crippen LogP contribution is -2.42. The van der Waals surface area contributed by atoms with Gasteiger partial charge in [-0.25, -0.2) is 4.98 Å². The average molecular weight is 408 g/mol. The van der Waals surface area contributed by atoms with E-state index in [0.29, 0.717) is 42.8 Å². The Hall–Kier alpha value is -3.28. The number of H-pyrrole nitrogens is 1. The fourth-order valence-corrected chi connectivity index (χ4v) is 3.93. The van der Waals surface area contributed by atoms with Crippen LogP contribution in [0, 0.1) is 29.1 Å². The molecule has 1 saturated carbocycles. The van der Waals surface area contributed by atoms with Crippen LogP contribution in [0.3, 0.4) is 0 Å². The van der Waals surface area contributed by atoms with Crippen molar-refractivity contribution in [3.05, 3.63) is 24.3 Å². The summed E-state index contributed by atoms with van der Waals surface area (Å²) in [6.07, 6.45) is 6.92. The lowest BCUT2D eigenvalue weighted by molar-refractivity contribution is -0.124. The van der Waals surface area contributed by atoms with Crippen LogP contribution in [0.25, 0.3) is 11.0 Å². The Bertz CT molecular complexity index is 973. The van der Waals surface area contributed by atoms with Crippen molar-refractivity contribution in [2.45, 2.75) is 44.6 Å². The first kappa shape index (κ1) is 20.0. The van der Waals surface area contributed by atoms with Gasteiger partial charge in [0.15, 0.2) is 11.6 Å². The van der Waals surface area contributed by atoms with Gasteiger partial charge in [-0.2, -0.15) is 5.26 Å². The smallest absolute Gasteiger partial charge is 0.287 e. The summed E-state index contributed by atoms with van der Waals surface area (Å²) < 4.78 is 0. The molecular formula is C21H24N6O3. The number of ketones is 1. The van der Waals surface area contributed by atoms with Crippen LogP contribution in [0.15, 0.2) is 18.5 Å². The highest BCUT2D eigenvalue weighted by Gasteiger charge is 2.33. The van der Waals surface area contributed by atoms with Gasteiger partial charge in [-0.1, -0.05) is 12.8 Å². The van der Waals surface area contributed by atoms with Gasteiger partial charge in [-0.05, 0) is 31.2 Å². The van der Waals surface area contributed by atoms with E-state index in [1.165, 1.54) is 0 Å². The maximum atomic E-state index is 13.0. The number of amides is 2. The molecule has 156 valence electrons. The van der Waals surface area contributed by atoms with Gasteiger partial charge in [-0.3, -0.25) is 19.4 Å². The molecule has 1 saturated heterocycles. The van der Waals surface area contributed by atoms with Crippen LogP contribution < -0.4 is 10.6 Å². The molecule has 3 N–H and O–H groups in total. The van der Waals surface area contributed by atoms with Crippen molar-refractivity contribution >= 4 is 28.6 Å². The Morgan fingerprint density at radius 2 is 2.13 bits per heavy atom. The predicted octanol–water partition coefficient (Wildman–Crippen LogP) is 1.48. The summed E-state index contributed by atoms with van der Waals surface area (Å²) in [7, 11) is 0. The summed E-state index contributed by atoms with van der Waals surface area (Å²) in [5.74, 6) is -0.881. The number of fused-ring (bicyclic) bond motifs is 1. The van der Waals surface area contributed by atoms with Gasteiger partial charge in [0.25, 0.3) is 5.91 Å². The number of nitrogens with zero attached hydrogens (tertiary/aromatic N) is 3. The highest BCUT2D eigenvalue weighted by Crippen LogP contribution is 2.34. The number of carbonyl (C=O) groups excluding carboxylic acids is 3. The second kappa shape index (κ2) is 8.61. The first-order valence-corrected chi connectivity index (χ1v) is 10.3. The molecule has 1 aliphatic heterocycles. The van der Waals surface area contributed by atoms with Crippen molar-refractivity contribution in [2.75, 3.05) is 6.54 Å². The number of nitrogens with one attached hydrogen (secondary N) is 3. The molecule has 2 amide bonds. The number of pyridine rings is 1. The number of imidazole rings is 1. The Morgan fingerprint density at radius 1 is 1.30 bits per heavy atom. The number of aromatic amines is 1. The van der Waals surface area contributed by atoms with Crippen LogP contribution in [0.4, 0.5) is 0 Å². The molecule has 2 aliphatic rings. The molecule has 2 aromatic rings. The molecule has 3 atom stereocenters. The predicted molar refractivity (Wildman–Crippen MR) is 107 cm³/mol. The number of hydrogen-bond acceptors (Lipinski definition) is 6. The number of aromatic nitrogens is 3. The maximum absolute atomic E-state index is 13.0. The van der Waals surface area contributed by atoms with Crippen LogP contribution in [-0.2, 0) is 9.59 Å². The Labute approximate surface area is 173 Å². The first-order chi connectivity index (χ1) is 14.5. The molecule has 0 spiro atoms. The summed E-state index contributed by atoms with van der Waals surface area (Å²) >= 11 is 0. The minimum absolute atomic E-state index is 0.0298. The van der Waals surface area contributed by atoms with E-state index in [1.54, 1.807) is 18.5 Å². The molecule has 2 fully saturated rings. The van der Waals surface area contributed by atoms with Crippen molar-refractivity contribution in [1.82, 2.24) is 25.6 Å². The van der Waals surface area contributed by atoms with E-state index in [0.717, 1.165) is 12.8 Å². The van der Waals surface area contributed by atoms with E-state index >= 15 is 0 Å². The van der Waals surface area contributed by atoms with Crippen molar-refractivity contribution in [2.24, 2.45) is 17.8 Å². The molecule has 4 rings (SSSR count). The molecule has 9 heteroatoms. The van der Waals surface area contributed by atoms with E-state index in [9.17, 15) is 19.6 Å². The maximum Gasteiger partial charge on any atom is 0.287 e. The monoisotopic (exact) mass is 408 g/mol. The summed E-state index contributed by atoms with van der Waals surface area (Å²) in [5.41, 5.74) is 1.27. The summed E-state index contributed by atoms with van der Waals surface area (Å²) in [6.45, 7) is 0.614. The van der Waals surface area contributed by atoms with Crippen LogP contribution in [0.1, 0.15) is 49.1 Å². The van der Waals surface area contributed by atoms with Crippen LogP contribution in [0.2, 0.25) is 0 Å². The Kier molecular flexibility index (Phi) is 5.74. The zero-order valence-electron chi connectivity index (χ0n) is 16.6. The molecule has 0 aromatic carbocycles. The van der Waals surface area contributed by atoms with Gasteiger partial charge in [0.05, 0.1) is 35.3 Å². The first-order valence-electron chi connectivity index (χ1n) is 10.3. The SMILES string of the molecule is N#C[C@@H](CC(=O)[C@H](CC1CC1)NC(=O)c1nc2ccncc2[nH]1)C[C@@H]1CCNC1=O. The lowest BCUT2D eigenvalue weighted by Gasteiger charge is -2.19. The van der Waals surface area contributed by atoms with E-state index in [4.69, 9.17) is 0 Å². The third-order valence-electron chi connectivity index (χ3n) is 5.82. The molecule has 9 nitrogen and oxygen atoms in total. The zero-order valence-corrected chi connectivity index (χ0v) is 16.6. The van der Waals surface area contributed by atoms with Gasteiger partial charge in [0, 0.05) is 25.1 Å². The normalized spacial score (nSPS) is 20.4. The molecule has 30 heavy (non-hydrogen) atoms. The van der Waals surface area contributed by atoms with Crippen LogP contribution in [0.5, 0.6) is 0 Å². The fourth-order valence-electron chi connectivity index (χ4n) is 3.93. The number of carbonyl (C=O) groups is 3. The number of rotatable bonds is 9. The lowest BCUT2D eigenvalue weighted by atomic mass is 9.88. The fraction of sp³-hybridized carbons (Fsp3) is 0.524. The molecule has 1 aliphatic carbocycles. The van der Waals surface area contributed by atoms with Crippen molar-refractivity contribution in [3.63, 3.8) is 0 Å². The second-order valence-electron chi connectivity index (χ2n) is 8.19. The molecular weight excluding hydrogens is 384 g/mol. The van der Waals surface area contributed by atoms with E-state index < -0.39 is 17.9 Å².